The fraction of sp³-hybridized carbons (Fsp3) is 0.520. The number of hydrogen-bond acceptors (Lipinski definition) is 4. The van der Waals surface area contributed by atoms with Gasteiger partial charge < -0.3 is 14.7 Å². The summed E-state index contributed by atoms with van der Waals surface area (Å²) in [5, 5.41) is 0. The van der Waals surface area contributed by atoms with Crippen LogP contribution in [0.3, 0.4) is 0 Å². The van der Waals surface area contributed by atoms with Crippen LogP contribution in [0.5, 0.6) is 0 Å². The Kier molecular flexibility index (Phi) is 6.68. The lowest BCUT2D eigenvalue weighted by Crippen LogP contribution is -2.42. The number of benzene rings is 1. The molecule has 2 aliphatic heterocycles. The molecule has 0 saturated carbocycles. The number of rotatable bonds is 4. The summed E-state index contributed by atoms with van der Waals surface area (Å²) in [4.78, 5) is 24.4. The highest BCUT2D eigenvalue weighted by molar-refractivity contribution is 5.94. The van der Waals surface area contributed by atoms with E-state index in [0.717, 1.165) is 64.1 Å². The van der Waals surface area contributed by atoms with E-state index in [4.69, 9.17) is 0 Å². The number of anilines is 1. The molecule has 5 heteroatoms. The van der Waals surface area contributed by atoms with Gasteiger partial charge in [0.1, 0.15) is 5.82 Å². The Labute approximate surface area is 180 Å². The number of pyridine rings is 1. The highest BCUT2D eigenvalue weighted by atomic mass is 16.2. The van der Waals surface area contributed by atoms with Gasteiger partial charge in [-0.25, -0.2) is 4.98 Å². The van der Waals surface area contributed by atoms with Gasteiger partial charge in [-0.05, 0) is 75.9 Å². The second kappa shape index (κ2) is 9.61. The van der Waals surface area contributed by atoms with Crippen molar-refractivity contribution in [3.05, 3.63) is 59.8 Å². The minimum Gasteiger partial charge on any atom is -0.357 e. The molecule has 1 amide bonds. The Morgan fingerprint density at radius 2 is 1.73 bits per heavy atom. The molecule has 0 radical (unpaired) electrons. The zero-order valence-electron chi connectivity index (χ0n) is 18.3. The van der Waals surface area contributed by atoms with Crippen molar-refractivity contribution < 1.29 is 4.79 Å². The fourth-order valence-electron chi connectivity index (χ4n) is 4.83. The first-order valence-electron chi connectivity index (χ1n) is 11.3. The highest BCUT2D eigenvalue weighted by Crippen LogP contribution is 2.28. The van der Waals surface area contributed by atoms with Gasteiger partial charge in [0.05, 0.1) is 5.56 Å². The number of nitrogens with zero attached hydrogens (tertiary/aromatic N) is 4. The van der Waals surface area contributed by atoms with Gasteiger partial charge in [-0.2, -0.15) is 0 Å². The van der Waals surface area contributed by atoms with Gasteiger partial charge in [0.15, 0.2) is 0 Å². The monoisotopic (exact) mass is 406 g/mol. The Morgan fingerprint density at radius 1 is 0.967 bits per heavy atom. The molecule has 3 heterocycles. The molecule has 0 spiro atoms. The average molecular weight is 407 g/mol. The average Bonchev–Trinajstić information content (AvgIpc) is 3.06. The standard InChI is InChI=1S/C25H34N4O/c1-27-16-13-23(14-17-27)28(2)24-11-10-22(19-26-24)25(30)29-15-6-9-21(12-18-29)20-7-4-3-5-8-20/h3-5,7-8,10-11,19,21,23H,6,9,12-18H2,1-2H3. The van der Waals surface area contributed by atoms with Crippen LogP contribution >= 0.6 is 0 Å². The third-order valence-electron chi connectivity index (χ3n) is 6.88. The quantitative estimate of drug-likeness (QED) is 0.769. The normalized spacial score (nSPS) is 21.3. The third-order valence-corrected chi connectivity index (χ3v) is 6.88. The summed E-state index contributed by atoms with van der Waals surface area (Å²) < 4.78 is 0. The largest absolute Gasteiger partial charge is 0.357 e. The molecule has 0 bridgehead atoms. The smallest absolute Gasteiger partial charge is 0.255 e. The Bertz CT molecular complexity index is 815. The molecule has 2 aromatic rings. The molecule has 1 aromatic heterocycles. The number of carbonyl (C=O) groups is 1. The van der Waals surface area contributed by atoms with Gasteiger partial charge in [0, 0.05) is 32.4 Å². The van der Waals surface area contributed by atoms with Crippen LogP contribution in [0.2, 0.25) is 0 Å². The molecule has 1 unspecified atom stereocenters. The van der Waals surface area contributed by atoms with Crippen molar-refractivity contribution in [3.63, 3.8) is 0 Å². The number of amides is 1. The molecule has 4 rings (SSSR count). The summed E-state index contributed by atoms with van der Waals surface area (Å²) in [5.74, 6) is 1.62. The maximum atomic E-state index is 13.1. The Morgan fingerprint density at radius 3 is 2.43 bits per heavy atom. The topological polar surface area (TPSA) is 39.7 Å². The molecule has 2 fully saturated rings. The molecule has 2 aliphatic rings. The van der Waals surface area contributed by atoms with Crippen molar-refractivity contribution in [1.82, 2.24) is 14.8 Å². The zero-order valence-corrected chi connectivity index (χ0v) is 18.3. The van der Waals surface area contributed by atoms with E-state index in [1.54, 1.807) is 6.20 Å². The van der Waals surface area contributed by atoms with Crippen LogP contribution in [0, 0.1) is 0 Å². The van der Waals surface area contributed by atoms with E-state index >= 15 is 0 Å². The van der Waals surface area contributed by atoms with Crippen LogP contribution in [0.15, 0.2) is 48.7 Å². The van der Waals surface area contributed by atoms with Gasteiger partial charge in [-0.3, -0.25) is 4.79 Å². The van der Waals surface area contributed by atoms with Gasteiger partial charge in [-0.1, -0.05) is 30.3 Å². The van der Waals surface area contributed by atoms with Crippen molar-refractivity contribution in [2.45, 2.75) is 44.1 Å². The lowest BCUT2D eigenvalue weighted by atomic mass is 9.92. The SMILES string of the molecule is CN1CCC(N(C)c2ccc(C(=O)N3CCCC(c4ccccc4)CC3)cn2)CC1. The number of hydrogen-bond donors (Lipinski definition) is 0. The summed E-state index contributed by atoms with van der Waals surface area (Å²) >= 11 is 0. The molecule has 5 nitrogen and oxygen atoms in total. The van der Waals surface area contributed by atoms with Crippen LogP contribution < -0.4 is 4.90 Å². The summed E-state index contributed by atoms with van der Waals surface area (Å²) in [6.07, 6.45) is 7.31. The third kappa shape index (κ3) is 4.84. The predicted molar refractivity (Wildman–Crippen MR) is 122 cm³/mol. The molecular weight excluding hydrogens is 372 g/mol. The van der Waals surface area contributed by atoms with E-state index in [1.807, 2.05) is 17.0 Å². The minimum absolute atomic E-state index is 0.115. The number of aromatic nitrogens is 1. The van der Waals surface area contributed by atoms with Crippen molar-refractivity contribution >= 4 is 11.7 Å². The predicted octanol–water partition coefficient (Wildman–Crippen LogP) is 4.02. The van der Waals surface area contributed by atoms with Crippen LogP contribution in [-0.4, -0.2) is 67.0 Å². The molecular formula is C25H34N4O. The van der Waals surface area contributed by atoms with Crippen LogP contribution in [0.1, 0.15) is 53.9 Å². The number of piperidine rings is 1. The lowest BCUT2D eigenvalue weighted by molar-refractivity contribution is 0.0760. The second-order valence-corrected chi connectivity index (χ2v) is 8.88. The van der Waals surface area contributed by atoms with Gasteiger partial charge in [0.2, 0.25) is 0 Å². The summed E-state index contributed by atoms with van der Waals surface area (Å²) in [6.45, 7) is 3.91. The van der Waals surface area contributed by atoms with E-state index in [0.29, 0.717) is 17.5 Å². The Hall–Kier alpha value is -2.40. The van der Waals surface area contributed by atoms with Crippen LogP contribution in [0.25, 0.3) is 0 Å². The molecule has 30 heavy (non-hydrogen) atoms. The van der Waals surface area contributed by atoms with E-state index in [2.05, 4.69) is 59.2 Å². The van der Waals surface area contributed by atoms with Crippen molar-refractivity contribution in [2.75, 3.05) is 45.2 Å². The lowest BCUT2D eigenvalue weighted by Gasteiger charge is -2.35. The summed E-state index contributed by atoms with van der Waals surface area (Å²) in [5.41, 5.74) is 2.10. The van der Waals surface area contributed by atoms with E-state index in [9.17, 15) is 4.79 Å². The van der Waals surface area contributed by atoms with Crippen LogP contribution in [0.4, 0.5) is 5.82 Å². The first-order valence-corrected chi connectivity index (χ1v) is 11.3. The summed E-state index contributed by atoms with van der Waals surface area (Å²) in [6, 6.07) is 15.2. The molecule has 1 atom stereocenters. The van der Waals surface area contributed by atoms with Crippen molar-refractivity contribution in [3.8, 4) is 0 Å². The molecule has 0 aliphatic carbocycles. The van der Waals surface area contributed by atoms with Crippen molar-refractivity contribution in [2.24, 2.45) is 0 Å². The number of carbonyl (C=O) groups excluding carboxylic acids is 1. The minimum atomic E-state index is 0.115. The van der Waals surface area contributed by atoms with Crippen LogP contribution in [-0.2, 0) is 0 Å². The molecule has 0 N–H and O–H groups in total. The van der Waals surface area contributed by atoms with Gasteiger partial charge >= 0.3 is 0 Å². The Balaban J connectivity index is 1.36. The second-order valence-electron chi connectivity index (χ2n) is 8.88. The van der Waals surface area contributed by atoms with E-state index < -0.39 is 0 Å². The molecule has 1 aromatic carbocycles. The molecule has 2 saturated heterocycles. The highest BCUT2D eigenvalue weighted by Gasteiger charge is 2.24. The van der Waals surface area contributed by atoms with Gasteiger partial charge in [-0.15, -0.1) is 0 Å². The molecule has 160 valence electrons. The maximum Gasteiger partial charge on any atom is 0.255 e. The fourth-order valence-corrected chi connectivity index (χ4v) is 4.83. The van der Waals surface area contributed by atoms with Gasteiger partial charge in [0.25, 0.3) is 5.91 Å². The zero-order chi connectivity index (χ0) is 20.9. The maximum absolute atomic E-state index is 13.1. The van der Waals surface area contributed by atoms with E-state index in [1.165, 1.54) is 5.56 Å². The first kappa shape index (κ1) is 20.9. The van der Waals surface area contributed by atoms with E-state index in [-0.39, 0.29) is 5.91 Å². The first-order chi connectivity index (χ1) is 14.6. The summed E-state index contributed by atoms with van der Waals surface area (Å²) in [7, 11) is 4.30. The van der Waals surface area contributed by atoms with Crippen molar-refractivity contribution in [1.29, 1.82) is 0 Å². The number of likely N-dealkylation sites (tertiary alicyclic amines) is 2.